The number of nitriles is 1. The van der Waals surface area contributed by atoms with Gasteiger partial charge in [0.15, 0.2) is 0 Å². The molecular weight excluding hydrogens is 526 g/mol. The number of H-pyrrole nitrogens is 1. The van der Waals surface area contributed by atoms with E-state index in [1.807, 2.05) is 0 Å². The van der Waals surface area contributed by atoms with Crippen molar-refractivity contribution in [3.8, 4) is 23.3 Å². The average Bonchev–Trinajstić information content (AvgIpc) is 3.42. The van der Waals surface area contributed by atoms with E-state index in [0.717, 1.165) is 4.90 Å². The SMILES string of the molecule is COc1ccc(Oc2ccc(NC(=O)CN(CC(=O)NC(C)CO)C(=O)c3cc4cccc(C#N)c4[nH]3)cc2)cc1. The first kappa shape index (κ1) is 28.7. The van der Waals surface area contributed by atoms with Crippen LogP contribution in [-0.4, -0.2) is 65.6 Å². The largest absolute Gasteiger partial charge is 0.497 e. The summed E-state index contributed by atoms with van der Waals surface area (Å²) in [5.74, 6) is 0.204. The highest BCUT2D eigenvalue weighted by atomic mass is 16.5. The zero-order valence-corrected chi connectivity index (χ0v) is 22.5. The van der Waals surface area contributed by atoms with E-state index in [1.54, 1.807) is 86.8 Å². The maximum absolute atomic E-state index is 13.4. The molecule has 4 rings (SSSR count). The van der Waals surface area contributed by atoms with Crippen LogP contribution in [0.3, 0.4) is 0 Å². The van der Waals surface area contributed by atoms with Gasteiger partial charge in [-0.25, -0.2) is 0 Å². The van der Waals surface area contributed by atoms with Crippen molar-refractivity contribution in [2.45, 2.75) is 13.0 Å². The van der Waals surface area contributed by atoms with Gasteiger partial charge in [-0.15, -0.1) is 0 Å². The molecule has 41 heavy (non-hydrogen) atoms. The lowest BCUT2D eigenvalue weighted by Crippen LogP contribution is -2.46. The van der Waals surface area contributed by atoms with E-state index in [2.05, 4.69) is 21.7 Å². The van der Waals surface area contributed by atoms with Crippen molar-refractivity contribution >= 4 is 34.3 Å². The highest BCUT2D eigenvalue weighted by Gasteiger charge is 2.24. The minimum Gasteiger partial charge on any atom is -0.497 e. The van der Waals surface area contributed by atoms with Gasteiger partial charge in [0.25, 0.3) is 5.91 Å². The van der Waals surface area contributed by atoms with Gasteiger partial charge in [0.2, 0.25) is 11.8 Å². The van der Waals surface area contributed by atoms with Crippen LogP contribution in [0.15, 0.2) is 72.8 Å². The number of hydrogen-bond acceptors (Lipinski definition) is 7. The van der Waals surface area contributed by atoms with Crippen LogP contribution in [0.25, 0.3) is 10.9 Å². The molecule has 0 bridgehead atoms. The number of ether oxygens (including phenoxy) is 2. The molecule has 1 heterocycles. The molecule has 1 unspecified atom stereocenters. The molecule has 1 aromatic heterocycles. The third kappa shape index (κ3) is 7.40. The Bertz CT molecular complexity index is 1570. The second-order valence-electron chi connectivity index (χ2n) is 9.23. The number of aliphatic hydroxyl groups excluding tert-OH is 1. The van der Waals surface area contributed by atoms with Gasteiger partial charge >= 0.3 is 0 Å². The molecular formula is C30H29N5O6. The predicted octanol–water partition coefficient (Wildman–Crippen LogP) is 3.42. The van der Waals surface area contributed by atoms with Gasteiger partial charge in [0, 0.05) is 17.1 Å². The van der Waals surface area contributed by atoms with E-state index in [9.17, 15) is 24.8 Å². The van der Waals surface area contributed by atoms with Crippen molar-refractivity contribution in [2.24, 2.45) is 0 Å². The fraction of sp³-hybridized carbons (Fsp3) is 0.200. The average molecular weight is 556 g/mol. The molecule has 0 radical (unpaired) electrons. The molecule has 4 aromatic rings. The van der Waals surface area contributed by atoms with E-state index in [4.69, 9.17) is 9.47 Å². The Labute approximate surface area is 236 Å². The van der Waals surface area contributed by atoms with Crippen molar-refractivity contribution in [3.05, 3.63) is 84.1 Å². The zero-order valence-electron chi connectivity index (χ0n) is 22.5. The van der Waals surface area contributed by atoms with Crippen LogP contribution in [0.1, 0.15) is 23.0 Å². The number of amides is 3. The molecule has 0 fully saturated rings. The van der Waals surface area contributed by atoms with Crippen LogP contribution in [0.4, 0.5) is 5.69 Å². The van der Waals surface area contributed by atoms with Crippen LogP contribution in [0.5, 0.6) is 17.2 Å². The maximum Gasteiger partial charge on any atom is 0.271 e. The van der Waals surface area contributed by atoms with Gasteiger partial charge in [-0.3, -0.25) is 14.4 Å². The highest BCUT2D eigenvalue weighted by Crippen LogP contribution is 2.25. The van der Waals surface area contributed by atoms with Crippen LogP contribution in [0.2, 0.25) is 0 Å². The van der Waals surface area contributed by atoms with Crippen LogP contribution >= 0.6 is 0 Å². The lowest BCUT2D eigenvalue weighted by Gasteiger charge is -2.22. The molecule has 0 saturated heterocycles. The number of methoxy groups -OCH3 is 1. The topological polar surface area (TPSA) is 157 Å². The molecule has 0 saturated carbocycles. The second kappa shape index (κ2) is 13.1. The monoisotopic (exact) mass is 555 g/mol. The number of fused-ring (bicyclic) bond motifs is 1. The summed E-state index contributed by atoms with van der Waals surface area (Å²) in [5, 5.41) is 24.6. The Kier molecular flexibility index (Phi) is 9.19. The Morgan fingerprint density at radius 3 is 2.24 bits per heavy atom. The fourth-order valence-electron chi connectivity index (χ4n) is 4.03. The number of benzene rings is 3. The number of aromatic nitrogens is 1. The number of anilines is 1. The summed E-state index contributed by atoms with van der Waals surface area (Å²) < 4.78 is 10.9. The molecule has 210 valence electrons. The summed E-state index contributed by atoms with van der Waals surface area (Å²) in [7, 11) is 1.58. The number of carbonyl (C=O) groups excluding carboxylic acids is 3. The van der Waals surface area contributed by atoms with E-state index >= 15 is 0 Å². The normalized spacial score (nSPS) is 11.3. The van der Waals surface area contributed by atoms with Crippen molar-refractivity contribution in [2.75, 3.05) is 32.1 Å². The van der Waals surface area contributed by atoms with E-state index in [-0.39, 0.29) is 12.3 Å². The zero-order chi connectivity index (χ0) is 29.4. The number of aromatic amines is 1. The number of nitrogens with zero attached hydrogens (tertiary/aromatic N) is 2. The Balaban J connectivity index is 1.46. The molecule has 0 aliphatic rings. The molecule has 0 spiro atoms. The molecule has 0 aliphatic carbocycles. The van der Waals surface area contributed by atoms with Gasteiger partial charge in [0.05, 0.1) is 24.8 Å². The minimum atomic E-state index is -0.602. The molecule has 11 nitrogen and oxygen atoms in total. The Morgan fingerprint density at radius 2 is 1.61 bits per heavy atom. The second-order valence-corrected chi connectivity index (χ2v) is 9.23. The van der Waals surface area contributed by atoms with Crippen molar-refractivity contribution < 1.29 is 29.0 Å². The first-order valence-corrected chi connectivity index (χ1v) is 12.7. The smallest absolute Gasteiger partial charge is 0.271 e. The third-order valence-electron chi connectivity index (χ3n) is 6.08. The summed E-state index contributed by atoms with van der Waals surface area (Å²) in [4.78, 5) is 43.0. The molecule has 3 aromatic carbocycles. The number of nitrogens with one attached hydrogen (secondary N) is 3. The van der Waals surface area contributed by atoms with Crippen LogP contribution < -0.4 is 20.1 Å². The highest BCUT2D eigenvalue weighted by molar-refractivity contribution is 6.03. The van der Waals surface area contributed by atoms with Crippen LogP contribution in [0, 0.1) is 11.3 Å². The van der Waals surface area contributed by atoms with Crippen molar-refractivity contribution in [3.63, 3.8) is 0 Å². The summed E-state index contributed by atoms with van der Waals surface area (Å²) in [6.45, 7) is 0.479. The van der Waals surface area contributed by atoms with E-state index in [1.165, 1.54) is 0 Å². The lowest BCUT2D eigenvalue weighted by atomic mass is 10.1. The first-order valence-electron chi connectivity index (χ1n) is 12.7. The van der Waals surface area contributed by atoms with Crippen LogP contribution in [-0.2, 0) is 9.59 Å². The van der Waals surface area contributed by atoms with Crippen molar-refractivity contribution in [1.29, 1.82) is 5.26 Å². The molecule has 4 N–H and O–H groups in total. The molecule has 11 heteroatoms. The van der Waals surface area contributed by atoms with Gasteiger partial charge in [-0.1, -0.05) is 12.1 Å². The van der Waals surface area contributed by atoms with Gasteiger partial charge in [-0.05, 0) is 67.6 Å². The number of aliphatic hydroxyl groups is 1. The number of rotatable bonds is 11. The summed E-state index contributed by atoms with van der Waals surface area (Å²) in [5.41, 5.74) is 1.43. The quantitative estimate of drug-likeness (QED) is 0.221. The van der Waals surface area contributed by atoms with Gasteiger partial charge in [0.1, 0.15) is 42.1 Å². The van der Waals surface area contributed by atoms with E-state index < -0.39 is 36.9 Å². The van der Waals surface area contributed by atoms with Gasteiger partial charge < -0.3 is 35.1 Å². The molecule has 0 aliphatic heterocycles. The first-order chi connectivity index (χ1) is 19.8. The minimum absolute atomic E-state index is 0.124. The summed E-state index contributed by atoms with van der Waals surface area (Å²) >= 11 is 0. The summed E-state index contributed by atoms with van der Waals surface area (Å²) in [6.07, 6.45) is 0. The standard InChI is InChI=1S/C30H29N5O6/c1-19(18-36)32-27(37)16-35(30(39)26-14-20-4-3-5-21(15-31)29(20)34-26)17-28(38)33-22-6-8-24(9-7-22)41-25-12-10-23(40-2)11-13-25/h3-14,19,34,36H,16-18H2,1-2H3,(H,32,37)(H,33,38). The Morgan fingerprint density at radius 1 is 0.976 bits per heavy atom. The number of para-hydroxylation sites is 1. The Hall–Kier alpha value is -5.34. The number of carbonyl (C=O) groups is 3. The number of hydrogen-bond donors (Lipinski definition) is 4. The predicted molar refractivity (Wildman–Crippen MR) is 152 cm³/mol. The fourth-order valence-corrected chi connectivity index (χ4v) is 4.03. The summed E-state index contributed by atoms with van der Waals surface area (Å²) in [6, 6.07) is 21.9. The lowest BCUT2D eigenvalue weighted by molar-refractivity contribution is -0.123. The van der Waals surface area contributed by atoms with Crippen molar-refractivity contribution in [1.82, 2.24) is 15.2 Å². The third-order valence-corrected chi connectivity index (χ3v) is 6.08. The molecule has 1 atom stereocenters. The maximum atomic E-state index is 13.4. The van der Waals surface area contributed by atoms with E-state index in [0.29, 0.717) is 39.4 Å². The molecule has 3 amide bonds. The van der Waals surface area contributed by atoms with Gasteiger partial charge in [-0.2, -0.15) is 5.26 Å².